The van der Waals surface area contributed by atoms with E-state index in [9.17, 15) is 4.79 Å². The molecule has 2 atom stereocenters. The van der Waals surface area contributed by atoms with Crippen molar-refractivity contribution in [3.05, 3.63) is 28.2 Å². The third-order valence-corrected chi connectivity index (χ3v) is 5.39. The zero-order valence-corrected chi connectivity index (χ0v) is 14.6. The number of esters is 1. The number of fused-ring (bicyclic) bond motifs is 2. The van der Waals surface area contributed by atoms with Crippen LogP contribution in [0.2, 0.25) is 10.0 Å². The van der Waals surface area contributed by atoms with Crippen molar-refractivity contribution < 1.29 is 14.3 Å². The molecule has 3 rings (SSSR count). The highest BCUT2D eigenvalue weighted by Crippen LogP contribution is 2.37. The van der Waals surface area contributed by atoms with Crippen LogP contribution >= 0.6 is 23.2 Å². The number of carbonyl (C=O) groups excluding carboxylic acids is 1. The first kappa shape index (κ1) is 16.9. The zero-order valence-electron chi connectivity index (χ0n) is 13.1. The molecule has 2 unspecified atom stereocenters. The van der Waals surface area contributed by atoms with E-state index < -0.39 is 0 Å². The van der Waals surface area contributed by atoms with E-state index in [0.717, 1.165) is 31.4 Å². The second-order valence-corrected chi connectivity index (χ2v) is 6.96. The van der Waals surface area contributed by atoms with Crippen molar-refractivity contribution in [3.63, 3.8) is 0 Å². The van der Waals surface area contributed by atoms with E-state index in [-0.39, 0.29) is 12.1 Å². The Morgan fingerprint density at radius 2 is 1.91 bits per heavy atom. The Balaban J connectivity index is 1.60. The quantitative estimate of drug-likeness (QED) is 0.748. The molecular weight excluding hydrogens is 337 g/mol. The summed E-state index contributed by atoms with van der Waals surface area (Å²) in [6.45, 7) is 2.66. The maximum absolute atomic E-state index is 11.7. The second kappa shape index (κ2) is 7.29. The third kappa shape index (κ3) is 3.93. The highest BCUT2D eigenvalue weighted by atomic mass is 35.5. The third-order valence-electron chi connectivity index (χ3n) is 4.65. The Hall–Kier alpha value is -0.970. The molecule has 0 amide bonds. The molecule has 2 bridgehead atoms. The van der Waals surface area contributed by atoms with E-state index in [1.54, 1.807) is 12.1 Å². The summed E-state index contributed by atoms with van der Waals surface area (Å²) >= 11 is 12.0. The number of halogens is 2. The van der Waals surface area contributed by atoms with E-state index in [1.807, 2.05) is 13.0 Å². The number of rotatable bonds is 5. The standard InChI is InChI=1S/C17H21Cl2NO3/c1-2-22-17(21)10-20-11-3-4-12(20)8-14(7-11)23-13-5-6-15(18)16(19)9-13/h5-6,9,11-12,14H,2-4,7-8,10H2,1H3. The molecule has 23 heavy (non-hydrogen) atoms. The first-order valence-corrected chi connectivity index (χ1v) is 8.85. The van der Waals surface area contributed by atoms with Crippen molar-refractivity contribution in [2.45, 2.75) is 50.8 Å². The Kier molecular flexibility index (Phi) is 5.34. The highest BCUT2D eigenvalue weighted by molar-refractivity contribution is 6.42. The van der Waals surface area contributed by atoms with Crippen LogP contribution in [0.25, 0.3) is 0 Å². The SMILES string of the molecule is CCOC(=O)CN1C2CCC1CC(Oc1ccc(Cl)c(Cl)c1)C2. The minimum absolute atomic E-state index is 0.131. The predicted octanol–water partition coefficient (Wildman–Crippen LogP) is 3.93. The lowest BCUT2D eigenvalue weighted by molar-refractivity contribution is -0.146. The lowest BCUT2D eigenvalue weighted by Gasteiger charge is -2.38. The van der Waals surface area contributed by atoms with Gasteiger partial charge in [0.1, 0.15) is 11.9 Å². The monoisotopic (exact) mass is 357 g/mol. The number of hydrogen-bond donors (Lipinski definition) is 0. The summed E-state index contributed by atoms with van der Waals surface area (Å²) in [7, 11) is 0. The van der Waals surface area contributed by atoms with Crippen molar-refractivity contribution >= 4 is 29.2 Å². The van der Waals surface area contributed by atoms with Crippen LogP contribution in [-0.4, -0.2) is 42.2 Å². The van der Waals surface area contributed by atoms with Crippen LogP contribution in [-0.2, 0) is 9.53 Å². The molecule has 2 fully saturated rings. The number of piperidine rings is 1. The molecule has 0 aromatic heterocycles. The fraction of sp³-hybridized carbons (Fsp3) is 0.588. The molecule has 1 aromatic carbocycles. The molecule has 126 valence electrons. The predicted molar refractivity (Wildman–Crippen MR) is 90.3 cm³/mol. The molecular formula is C17H21Cl2NO3. The molecule has 2 aliphatic heterocycles. The van der Waals surface area contributed by atoms with Gasteiger partial charge in [-0.05, 0) is 44.7 Å². The maximum atomic E-state index is 11.7. The number of ether oxygens (including phenoxy) is 2. The van der Waals surface area contributed by atoms with Gasteiger partial charge in [-0.15, -0.1) is 0 Å². The van der Waals surface area contributed by atoms with Gasteiger partial charge in [0, 0.05) is 18.2 Å². The van der Waals surface area contributed by atoms with Gasteiger partial charge in [0.05, 0.1) is 23.2 Å². The largest absolute Gasteiger partial charge is 0.490 e. The summed E-state index contributed by atoms with van der Waals surface area (Å²) < 4.78 is 11.2. The minimum atomic E-state index is -0.131. The number of carbonyl (C=O) groups is 1. The van der Waals surface area contributed by atoms with Crippen LogP contribution in [0.5, 0.6) is 5.75 Å². The van der Waals surface area contributed by atoms with Crippen LogP contribution in [0.15, 0.2) is 18.2 Å². The van der Waals surface area contributed by atoms with Gasteiger partial charge in [-0.1, -0.05) is 23.2 Å². The van der Waals surface area contributed by atoms with Crippen LogP contribution < -0.4 is 4.74 Å². The number of benzene rings is 1. The average Bonchev–Trinajstić information content (AvgIpc) is 2.74. The fourth-order valence-corrected chi connectivity index (χ4v) is 3.97. The Morgan fingerprint density at radius 3 is 2.52 bits per heavy atom. The summed E-state index contributed by atoms with van der Waals surface area (Å²) in [4.78, 5) is 14.0. The van der Waals surface area contributed by atoms with Gasteiger partial charge in [0.25, 0.3) is 0 Å². The van der Waals surface area contributed by atoms with E-state index in [1.165, 1.54) is 0 Å². The number of hydrogen-bond acceptors (Lipinski definition) is 4. The maximum Gasteiger partial charge on any atom is 0.320 e. The normalized spacial score (nSPS) is 27.0. The van der Waals surface area contributed by atoms with Crippen molar-refractivity contribution in [3.8, 4) is 5.75 Å². The molecule has 0 saturated carbocycles. The Morgan fingerprint density at radius 1 is 1.22 bits per heavy atom. The van der Waals surface area contributed by atoms with Gasteiger partial charge >= 0.3 is 5.97 Å². The summed E-state index contributed by atoms with van der Waals surface area (Å²) in [6, 6.07) is 6.15. The van der Waals surface area contributed by atoms with Crippen molar-refractivity contribution in [1.29, 1.82) is 0 Å². The van der Waals surface area contributed by atoms with E-state index in [4.69, 9.17) is 32.7 Å². The van der Waals surface area contributed by atoms with Crippen LogP contribution in [0.4, 0.5) is 0 Å². The van der Waals surface area contributed by atoms with Gasteiger partial charge in [-0.25, -0.2) is 0 Å². The zero-order chi connectivity index (χ0) is 16.4. The van der Waals surface area contributed by atoms with Crippen molar-refractivity contribution in [2.24, 2.45) is 0 Å². The molecule has 6 heteroatoms. The van der Waals surface area contributed by atoms with E-state index in [2.05, 4.69) is 4.90 Å². The van der Waals surface area contributed by atoms with Gasteiger partial charge in [-0.3, -0.25) is 9.69 Å². The molecule has 0 aliphatic carbocycles. The number of nitrogens with zero attached hydrogens (tertiary/aromatic N) is 1. The highest BCUT2D eigenvalue weighted by Gasteiger charge is 2.42. The van der Waals surface area contributed by atoms with Gasteiger partial charge in [0.2, 0.25) is 0 Å². The first-order valence-electron chi connectivity index (χ1n) is 8.10. The van der Waals surface area contributed by atoms with Crippen LogP contribution in [0, 0.1) is 0 Å². The van der Waals surface area contributed by atoms with Gasteiger partial charge in [0.15, 0.2) is 0 Å². The molecule has 4 nitrogen and oxygen atoms in total. The molecule has 2 heterocycles. The fourth-order valence-electron chi connectivity index (χ4n) is 3.68. The molecule has 0 radical (unpaired) electrons. The summed E-state index contributed by atoms with van der Waals surface area (Å²) in [6.07, 6.45) is 4.24. The molecule has 2 aliphatic rings. The van der Waals surface area contributed by atoms with Gasteiger partial charge in [-0.2, -0.15) is 0 Å². The van der Waals surface area contributed by atoms with Gasteiger partial charge < -0.3 is 9.47 Å². The lowest BCUT2D eigenvalue weighted by Crippen LogP contribution is -2.48. The van der Waals surface area contributed by atoms with E-state index >= 15 is 0 Å². The summed E-state index contributed by atoms with van der Waals surface area (Å²) in [5.41, 5.74) is 0. The second-order valence-electron chi connectivity index (χ2n) is 6.15. The van der Waals surface area contributed by atoms with Crippen LogP contribution in [0.3, 0.4) is 0 Å². The van der Waals surface area contributed by atoms with Crippen molar-refractivity contribution in [2.75, 3.05) is 13.2 Å². The lowest BCUT2D eigenvalue weighted by atomic mass is 9.99. The molecule has 0 spiro atoms. The van der Waals surface area contributed by atoms with E-state index in [0.29, 0.717) is 35.3 Å². The van der Waals surface area contributed by atoms with Crippen molar-refractivity contribution in [1.82, 2.24) is 4.90 Å². The van der Waals surface area contributed by atoms with Crippen LogP contribution in [0.1, 0.15) is 32.6 Å². The Labute approximate surface area is 146 Å². The first-order chi connectivity index (χ1) is 11.1. The minimum Gasteiger partial charge on any atom is -0.490 e. The molecule has 1 aromatic rings. The molecule has 2 saturated heterocycles. The summed E-state index contributed by atoms with van der Waals surface area (Å²) in [5.74, 6) is 0.621. The summed E-state index contributed by atoms with van der Waals surface area (Å²) in [5, 5.41) is 1.04. The Bertz CT molecular complexity index is 567. The smallest absolute Gasteiger partial charge is 0.320 e. The average molecular weight is 358 g/mol. The topological polar surface area (TPSA) is 38.8 Å². The molecule has 0 N–H and O–H groups in total.